The lowest BCUT2D eigenvalue weighted by Gasteiger charge is -2.14. The number of ether oxygens (including phenoxy) is 1. The van der Waals surface area contributed by atoms with E-state index in [1.165, 1.54) is 0 Å². The Kier molecular flexibility index (Phi) is 3.85. The fourth-order valence-electron chi connectivity index (χ4n) is 2.06. The van der Waals surface area contributed by atoms with Gasteiger partial charge in [0.2, 0.25) is 0 Å². The highest BCUT2D eigenvalue weighted by Gasteiger charge is 2.51. The second-order valence-electron chi connectivity index (χ2n) is 5.39. The molecule has 8 heteroatoms. The lowest BCUT2D eigenvalue weighted by molar-refractivity contribution is -0.0976. The zero-order valence-corrected chi connectivity index (χ0v) is 12.9. The van der Waals surface area contributed by atoms with Crippen LogP contribution in [0.15, 0.2) is 4.21 Å². The van der Waals surface area contributed by atoms with Gasteiger partial charge in [0.25, 0.3) is 5.92 Å². The van der Waals surface area contributed by atoms with Crippen LogP contribution in [0, 0.1) is 5.92 Å². The van der Waals surface area contributed by atoms with Crippen LogP contribution in [-0.2, 0) is 16.3 Å². The van der Waals surface area contributed by atoms with Gasteiger partial charge in [0.15, 0.2) is 14.9 Å². The molecule has 0 bridgehead atoms. The molecular formula is C12H16F2O4S2. The molecule has 1 aliphatic rings. The third kappa shape index (κ3) is 2.68. The van der Waals surface area contributed by atoms with Crippen molar-refractivity contribution in [1.29, 1.82) is 0 Å². The average Bonchev–Trinajstić information content (AvgIpc) is 2.72. The monoisotopic (exact) mass is 326 g/mol. The molecule has 0 saturated heterocycles. The van der Waals surface area contributed by atoms with Crippen molar-refractivity contribution < 1.29 is 27.0 Å². The van der Waals surface area contributed by atoms with Gasteiger partial charge < -0.3 is 9.84 Å². The van der Waals surface area contributed by atoms with E-state index in [2.05, 4.69) is 0 Å². The predicted molar refractivity (Wildman–Crippen MR) is 71.4 cm³/mol. The van der Waals surface area contributed by atoms with Crippen molar-refractivity contribution in [2.24, 2.45) is 5.92 Å². The van der Waals surface area contributed by atoms with Gasteiger partial charge in [-0.3, -0.25) is 0 Å². The highest BCUT2D eigenvalue weighted by Crippen LogP contribution is 2.53. The number of sulfone groups is 1. The molecular weight excluding hydrogens is 310 g/mol. The fourth-order valence-corrected chi connectivity index (χ4v) is 4.47. The number of alkyl halides is 2. The van der Waals surface area contributed by atoms with Crippen LogP contribution in [0.2, 0.25) is 0 Å². The summed E-state index contributed by atoms with van der Waals surface area (Å²) in [7, 11) is -3.68. The van der Waals surface area contributed by atoms with E-state index >= 15 is 0 Å². The van der Waals surface area contributed by atoms with Crippen molar-refractivity contribution in [1.82, 2.24) is 0 Å². The first kappa shape index (κ1) is 15.7. The molecule has 1 aromatic heterocycles. The number of hydrogen-bond donors (Lipinski definition) is 1. The molecule has 0 amide bonds. The molecule has 2 rings (SSSR count). The van der Waals surface area contributed by atoms with E-state index in [9.17, 15) is 22.3 Å². The van der Waals surface area contributed by atoms with Crippen LogP contribution in [0.1, 0.15) is 31.1 Å². The molecule has 1 heterocycles. The highest BCUT2D eigenvalue weighted by molar-refractivity contribution is 7.92. The van der Waals surface area contributed by atoms with E-state index in [1.54, 1.807) is 0 Å². The lowest BCUT2D eigenvalue weighted by atomic mass is 10.2. The smallest absolute Gasteiger partial charge is 0.281 e. The number of halogens is 2. The third-order valence-electron chi connectivity index (χ3n) is 2.95. The number of aliphatic hydroxyl groups is 1. The fraction of sp³-hybridized carbons (Fsp3) is 0.667. The second-order valence-corrected chi connectivity index (χ2v) is 8.58. The Balaban J connectivity index is 2.51. The molecule has 0 saturated carbocycles. The van der Waals surface area contributed by atoms with E-state index < -0.39 is 28.3 Å². The van der Waals surface area contributed by atoms with Gasteiger partial charge in [0.1, 0.15) is 10.3 Å². The first-order valence-corrected chi connectivity index (χ1v) is 8.79. The van der Waals surface area contributed by atoms with Crippen molar-refractivity contribution in [3.63, 3.8) is 0 Å². The summed E-state index contributed by atoms with van der Waals surface area (Å²) >= 11 is 0.812. The normalized spacial score (nSPS) is 21.2. The summed E-state index contributed by atoms with van der Waals surface area (Å²) in [5.41, 5.74) is -0.0742. The number of rotatable bonds is 4. The Hall–Kier alpha value is -0.730. The quantitative estimate of drug-likeness (QED) is 0.923. The van der Waals surface area contributed by atoms with E-state index in [1.807, 2.05) is 13.8 Å². The number of hydrogen-bond acceptors (Lipinski definition) is 5. The molecule has 0 radical (unpaired) electrons. The predicted octanol–water partition coefficient (Wildman–Crippen LogP) is 2.41. The summed E-state index contributed by atoms with van der Waals surface area (Å²) in [6.07, 6.45) is -1.84. The maximum Gasteiger partial charge on any atom is 0.281 e. The minimum absolute atomic E-state index is 0.119. The van der Waals surface area contributed by atoms with Crippen LogP contribution in [0.4, 0.5) is 8.78 Å². The summed E-state index contributed by atoms with van der Waals surface area (Å²) in [4.78, 5) is 0. The Bertz CT molecular complexity index is 620. The van der Waals surface area contributed by atoms with Gasteiger partial charge in [-0.05, 0) is 5.92 Å². The Morgan fingerprint density at radius 3 is 2.60 bits per heavy atom. The SMILES string of the molecule is CC(C)COc1sc(S(C)(=O)=O)c2c1CC(F)(F)C2O. The number of thiophene rings is 1. The van der Waals surface area contributed by atoms with Gasteiger partial charge in [-0.1, -0.05) is 25.2 Å². The zero-order valence-electron chi connectivity index (χ0n) is 11.3. The maximum atomic E-state index is 13.6. The van der Waals surface area contributed by atoms with Crippen molar-refractivity contribution in [3.05, 3.63) is 11.1 Å². The largest absolute Gasteiger partial charge is 0.483 e. The first-order chi connectivity index (χ1) is 9.04. The van der Waals surface area contributed by atoms with Gasteiger partial charge in [0.05, 0.1) is 6.61 Å². The number of fused-ring (bicyclic) bond motifs is 1. The van der Waals surface area contributed by atoms with Crippen molar-refractivity contribution in [3.8, 4) is 5.06 Å². The molecule has 1 aromatic rings. The summed E-state index contributed by atoms with van der Waals surface area (Å²) in [5, 5.41) is 9.85. The molecule has 1 unspecified atom stereocenters. The summed E-state index contributed by atoms with van der Waals surface area (Å²) in [6.45, 7) is 4.10. The molecule has 1 N–H and O–H groups in total. The molecule has 20 heavy (non-hydrogen) atoms. The molecule has 0 aliphatic heterocycles. The highest BCUT2D eigenvalue weighted by atomic mass is 32.2. The van der Waals surface area contributed by atoms with Crippen LogP contribution in [-0.4, -0.2) is 32.3 Å². The Morgan fingerprint density at radius 2 is 2.10 bits per heavy atom. The van der Waals surface area contributed by atoms with Gasteiger partial charge in [0, 0.05) is 23.8 Å². The van der Waals surface area contributed by atoms with Crippen LogP contribution >= 0.6 is 11.3 Å². The minimum Gasteiger partial charge on any atom is -0.483 e. The molecule has 0 fully saturated rings. The molecule has 4 nitrogen and oxygen atoms in total. The maximum absolute atomic E-state index is 13.6. The third-order valence-corrected chi connectivity index (χ3v) is 5.95. The van der Waals surface area contributed by atoms with E-state index in [0.29, 0.717) is 6.61 Å². The van der Waals surface area contributed by atoms with Crippen LogP contribution < -0.4 is 4.74 Å². The minimum atomic E-state index is -3.68. The average molecular weight is 326 g/mol. The molecule has 1 aliphatic carbocycles. The molecule has 0 aromatic carbocycles. The van der Waals surface area contributed by atoms with Crippen LogP contribution in [0.25, 0.3) is 0 Å². The topological polar surface area (TPSA) is 63.6 Å². The summed E-state index contributed by atoms with van der Waals surface area (Å²) in [5.74, 6) is -3.17. The van der Waals surface area contributed by atoms with E-state index in [-0.39, 0.29) is 26.3 Å². The van der Waals surface area contributed by atoms with Crippen molar-refractivity contribution >= 4 is 21.2 Å². The second kappa shape index (κ2) is 4.92. The Morgan fingerprint density at radius 1 is 1.50 bits per heavy atom. The molecule has 0 spiro atoms. The van der Waals surface area contributed by atoms with Gasteiger partial charge in [-0.15, -0.1) is 0 Å². The molecule has 1 atom stereocenters. The van der Waals surface area contributed by atoms with Crippen LogP contribution in [0.5, 0.6) is 5.06 Å². The van der Waals surface area contributed by atoms with Gasteiger partial charge in [-0.2, -0.15) is 0 Å². The summed E-state index contributed by atoms with van der Waals surface area (Å²) < 4.78 is 55.8. The summed E-state index contributed by atoms with van der Waals surface area (Å²) in [6, 6.07) is 0. The first-order valence-electron chi connectivity index (χ1n) is 6.08. The zero-order chi connectivity index (χ0) is 15.3. The molecule has 114 valence electrons. The lowest BCUT2D eigenvalue weighted by Crippen LogP contribution is -2.22. The van der Waals surface area contributed by atoms with Crippen molar-refractivity contribution in [2.45, 2.75) is 36.5 Å². The van der Waals surface area contributed by atoms with E-state index in [4.69, 9.17) is 4.74 Å². The Labute approximate surface area is 120 Å². The van der Waals surface area contributed by atoms with Gasteiger partial charge >= 0.3 is 0 Å². The van der Waals surface area contributed by atoms with Crippen molar-refractivity contribution in [2.75, 3.05) is 12.9 Å². The standard InChI is InChI=1S/C12H16F2O4S2/c1-6(2)5-18-10-7-4-12(13,14)9(15)8(7)11(19-10)20(3,16)17/h6,9,15H,4-5H2,1-3H3. The van der Waals surface area contributed by atoms with Gasteiger partial charge in [-0.25, -0.2) is 17.2 Å². The van der Waals surface area contributed by atoms with E-state index in [0.717, 1.165) is 17.6 Å². The number of aliphatic hydroxyl groups excluding tert-OH is 1. The van der Waals surface area contributed by atoms with Crippen LogP contribution in [0.3, 0.4) is 0 Å².